The molecule has 0 aliphatic carbocycles. The van der Waals surface area contributed by atoms with Gasteiger partial charge in [0.1, 0.15) is 0 Å². The van der Waals surface area contributed by atoms with Gasteiger partial charge in [0.05, 0.1) is 0 Å². The molecule has 0 radical (unpaired) electrons. The minimum atomic E-state index is 0.139. The maximum Gasteiger partial charge on any atom is 0.152 e. The lowest BCUT2D eigenvalue weighted by Gasteiger charge is -2.22. The van der Waals surface area contributed by atoms with E-state index in [0.717, 1.165) is 19.6 Å². The van der Waals surface area contributed by atoms with Gasteiger partial charge in [-0.3, -0.25) is 10.2 Å². The van der Waals surface area contributed by atoms with E-state index in [-0.39, 0.29) is 6.29 Å². The Labute approximate surface area is 133 Å². The Kier molecular flexibility index (Phi) is 5.32. The fourth-order valence-electron chi connectivity index (χ4n) is 3.05. The third-order valence-corrected chi connectivity index (χ3v) is 4.43. The van der Waals surface area contributed by atoms with Crippen LogP contribution in [0.5, 0.6) is 0 Å². The van der Waals surface area contributed by atoms with Crippen molar-refractivity contribution in [3.8, 4) is 0 Å². The highest BCUT2D eigenvalue weighted by atomic mass is 15.3. The first kappa shape index (κ1) is 15.3. The molecule has 120 valence electrons. The van der Waals surface area contributed by atoms with Crippen LogP contribution in [0.4, 0.5) is 0 Å². The second kappa shape index (κ2) is 7.63. The van der Waals surface area contributed by atoms with Crippen molar-refractivity contribution < 1.29 is 0 Å². The van der Waals surface area contributed by atoms with E-state index in [2.05, 4.69) is 57.1 Å². The lowest BCUT2D eigenvalue weighted by Crippen LogP contribution is -2.44. The maximum atomic E-state index is 3.48. The molecule has 5 heteroatoms. The zero-order valence-electron chi connectivity index (χ0n) is 13.4. The average Bonchev–Trinajstić information content (AvgIpc) is 2.97. The highest BCUT2D eigenvalue weighted by molar-refractivity contribution is 5.27. The van der Waals surface area contributed by atoms with Gasteiger partial charge in [-0.2, -0.15) is 0 Å². The molecule has 1 fully saturated rings. The minimum Gasteiger partial charge on any atom is -0.358 e. The van der Waals surface area contributed by atoms with E-state index in [4.69, 9.17) is 0 Å². The number of nitrogens with zero attached hydrogens (tertiary/aromatic N) is 2. The minimum absolute atomic E-state index is 0.139. The molecule has 0 atom stereocenters. The normalized spacial score (nSPS) is 20.6. The molecule has 0 bridgehead atoms. The summed E-state index contributed by atoms with van der Waals surface area (Å²) in [7, 11) is 2.22. The Balaban J connectivity index is 1.58. The molecule has 0 amide bonds. The quantitative estimate of drug-likeness (QED) is 0.753. The molecule has 0 unspecified atom stereocenters. The summed E-state index contributed by atoms with van der Waals surface area (Å²) in [5.74, 6) is 0. The Morgan fingerprint density at radius 1 is 1.05 bits per heavy atom. The molecule has 1 aromatic carbocycles. The molecule has 5 nitrogen and oxygen atoms in total. The van der Waals surface area contributed by atoms with Crippen molar-refractivity contribution >= 4 is 0 Å². The van der Waals surface area contributed by atoms with Crippen LogP contribution in [0.15, 0.2) is 36.7 Å². The van der Waals surface area contributed by atoms with Crippen molar-refractivity contribution in [2.24, 2.45) is 0 Å². The third kappa shape index (κ3) is 4.22. The maximum absolute atomic E-state index is 3.48. The zero-order valence-corrected chi connectivity index (χ0v) is 13.4. The Morgan fingerprint density at radius 2 is 1.82 bits per heavy atom. The molecule has 0 saturated carbocycles. The van der Waals surface area contributed by atoms with Gasteiger partial charge in [-0.1, -0.05) is 24.3 Å². The van der Waals surface area contributed by atoms with Gasteiger partial charge < -0.3 is 15.5 Å². The summed E-state index contributed by atoms with van der Waals surface area (Å²) >= 11 is 0. The molecule has 2 heterocycles. The van der Waals surface area contributed by atoms with E-state index in [1.807, 2.05) is 12.4 Å². The number of hydrogen-bond acceptors (Lipinski definition) is 5. The zero-order chi connectivity index (χ0) is 15.2. The first-order chi connectivity index (χ1) is 10.8. The lowest BCUT2D eigenvalue weighted by atomic mass is 10.1. The van der Waals surface area contributed by atoms with Gasteiger partial charge in [-0.25, -0.2) is 0 Å². The number of nitrogens with one attached hydrogen (secondary N) is 3. The van der Waals surface area contributed by atoms with Crippen molar-refractivity contribution in [1.82, 2.24) is 25.8 Å². The van der Waals surface area contributed by atoms with Crippen LogP contribution in [0.1, 0.15) is 17.5 Å². The van der Waals surface area contributed by atoms with Crippen LogP contribution in [0.3, 0.4) is 0 Å². The third-order valence-electron chi connectivity index (χ3n) is 4.43. The summed E-state index contributed by atoms with van der Waals surface area (Å²) in [6.45, 7) is 6.66. The highest BCUT2D eigenvalue weighted by Crippen LogP contribution is 2.13. The monoisotopic (exact) mass is 301 g/mol. The van der Waals surface area contributed by atoms with Crippen LogP contribution >= 0.6 is 0 Å². The fraction of sp³-hybridized carbons (Fsp3) is 0.529. The summed E-state index contributed by atoms with van der Waals surface area (Å²) < 4.78 is 0. The van der Waals surface area contributed by atoms with Crippen molar-refractivity contribution in [2.45, 2.75) is 25.8 Å². The van der Waals surface area contributed by atoms with Gasteiger partial charge >= 0.3 is 0 Å². The molecular formula is C17H27N5. The van der Waals surface area contributed by atoms with Crippen LogP contribution < -0.4 is 16.0 Å². The van der Waals surface area contributed by atoms with E-state index in [1.165, 1.54) is 37.2 Å². The van der Waals surface area contributed by atoms with Gasteiger partial charge in [0.15, 0.2) is 6.29 Å². The molecule has 2 aliphatic rings. The van der Waals surface area contributed by atoms with Crippen molar-refractivity contribution in [1.29, 1.82) is 0 Å². The lowest BCUT2D eigenvalue weighted by molar-refractivity contribution is 0.268. The molecule has 2 aliphatic heterocycles. The van der Waals surface area contributed by atoms with Gasteiger partial charge in [0, 0.05) is 38.6 Å². The Bertz CT molecular complexity index is 494. The number of rotatable bonds is 5. The van der Waals surface area contributed by atoms with Gasteiger partial charge in [-0.15, -0.1) is 0 Å². The van der Waals surface area contributed by atoms with Crippen LogP contribution in [0, 0.1) is 0 Å². The standard InChI is InChI=1S/C17H27N5/c1-21-9-4-10-22(12-11-21)14-16-6-3-2-5-15(16)13-20-17-18-7-8-19-17/h2-3,5-8,17-20H,4,9-14H2,1H3. The number of hydrogen-bond donors (Lipinski definition) is 3. The molecule has 1 saturated heterocycles. The van der Waals surface area contributed by atoms with Crippen molar-refractivity contribution in [3.63, 3.8) is 0 Å². The summed E-state index contributed by atoms with van der Waals surface area (Å²) in [5, 5.41) is 9.93. The highest BCUT2D eigenvalue weighted by Gasteiger charge is 2.14. The summed E-state index contributed by atoms with van der Waals surface area (Å²) in [4.78, 5) is 5.01. The van der Waals surface area contributed by atoms with Gasteiger partial charge in [0.2, 0.25) is 0 Å². The smallest absolute Gasteiger partial charge is 0.152 e. The van der Waals surface area contributed by atoms with Crippen LogP contribution in [0.25, 0.3) is 0 Å². The van der Waals surface area contributed by atoms with E-state index < -0.39 is 0 Å². The first-order valence-electron chi connectivity index (χ1n) is 8.19. The molecule has 22 heavy (non-hydrogen) atoms. The second-order valence-electron chi connectivity index (χ2n) is 6.18. The number of benzene rings is 1. The van der Waals surface area contributed by atoms with Gasteiger partial charge in [0.25, 0.3) is 0 Å². The Hall–Kier alpha value is -1.56. The molecule has 0 aromatic heterocycles. The van der Waals surface area contributed by atoms with E-state index in [0.29, 0.717) is 0 Å². The molecule has 3 rings (SSSR count). The largest absolute Gasteiger partial charge is 0.358 e. The first-order valence-corrected chi connectivity index (χ1v) is 8.19. The van der Waals surface area contributed by atoms with Crippen molar-refractivity contribution in [3.05, 3.63) is 47.8 Å². The number of likely N-dealkylation sites (N-methyl/N-ethyl adjacent to an activating group) is 1. The predicted octanol–water partition coefficient (Wildman–Crippen LogP) is 0.861. The fourth-order valence-corrected chi connectivity index (χ4v) is 3.05. The molecule has 3 N–H and O–H groups in total. The van der Waals surface area contributed by atoms with E-state index in [9.17, 15) is 0 Å². The van der Waals surface area contributed by atoms with Crippen LogP contribution in [-0.4, -0.2) is 49.3 Å². The van der Waals surface area contributed by atoms with Gasteiger partial charge in [-0.05, 0) is 37.7 Å². The second-order valence-corrected chi connectivity index (χ2v) is 6.18. The SMILES string of the molecule is CN1CCCN(Cc2ccccc2CNC2NC=CN2)CC1. The average molecular weight is 301 g/mol. The molecular weight excluding hydrogens is 274 g/mol. The molecule has 1 aromatic rings. The molecule has 0 spiro atoms. The van der Waals surface area contributed by atoms with E-state index in [1.54, 1.807) is 0 Å². The summed E-state index contributed by atoms with van der Waals surface area (Å²) in [6.07, 6.45) is 5.26. The van der Waals surface area contributed by atoms with E-state index >= 15 is 0 Å². The summed E-state index contributed by atoms with van der Waals surface area (Å²) in [6, 6.07) is 8.77. The summed E-state index contributed by atoms with van der Waals surface area (Å²) in [5.41, 5.74) is 2.82. The predicted molar refractivity (Wildman–Crippen MR) is 89.9 cm³/mol. The van der Waals surface area contributed by atoms with Crippen LogP contribution in [-0.2, 0) is 13.1 Å². The van der Waals surface area contributed by atoms with Crippen LogP contribution in [0.2, 0.25) is 0 Å². The van der Waals surface area contributed by atoms with Crippen molar-refractivity contribution in [2.75, 3.05) is 33.2 Å². The topological polar surface area (TPSA) is 42.6 Å². The Morgan fingerprint density at radius 3 is 2.64 bits per heavy atom.